The van der Waals surface area contributed by atoms with Crippen molar-refractivity contribution in [2.24, 2.45) is 5.92 Å². The number of halogens is 8. The van der Waals surface area contributed by atoms with Crippen molar-refractivity contribution < 1.29 is 35.5 Å². The van der Waals surface area contributed by atoms with E-state index < -0.39 is 35.7 Å². The largest absolute Gasteiger partial charge is 0.409 e. The summed E-state index contributed by atoms with van der Waals surface area (Å²) in [4.78, 5) is 11.2. The Kier molecular flexibility index (Phi) is 4.67. The van der Waals surface area contributed by atoms with E-state index in [1.807, 2.05) is 0 Å². The average molecular weight is 368 g/mol. The maximum Gasteiger partial charge on any atom is 0.409 e. The lowest BCUT2D eigenvalue weighted by Gasteiger charge is -2.22. The molecule has 0 aromatic heterocycles. The minimum atomic E-state index is -5.80. The molecule has 1 N–H and O–H groups in total. The molecule has 0 spiro atoms. The highest BCUT2D eigenvalue weighted by molar-refractivity contribution is 9.10. The minimum Gasteiger partial charge on any atom is -0.324 e. The third-order valence-electron chi connectivity index (χ3n) is 2.10. The smallest absolute Gasteiger partial charge is 0.324 e. The van der Waals surface area contributed by atoms with Crippen LogP contribution in [0.25, 0.3) is 0 Å². The fraction of sp³-hybridized carbons (Fsp3) is 0.300. The molecule has 0 bridgehead atoms. The Morgan fingerprint density at radius 3 is 2.05 bits per heavy atom. The first-order valence-electron chi connectivity index (χ1n) is 4.82. The molecule has 0 unspecified atom stereocenters. The first-order valence-corrected chi connectivity index (χ1v) is 5.61. The lowest BCUT2D eigenvalue weighted by molar-refractivity contribution is -0.272. The van der Waals surface area contributed by atoms with Crippen LogP contribution in [0.15, 0.2) is 22.7 Å². The Bertz CT molecular complexity index is 497. The van der Waals surface area contributed by atoms with E-state index in [1.54, 1.807) is 0 Å². The molecule has 0 radical (unpaired) electrons. The van der Waals surface area contributed by atoms with Crippen LogP contribution in [0.1, 0.15) is 0 Å². The molecule has 2 nitrogen and oxygen atoms in total. The van der Waals surface area contributed by atoms with Gasteiger partial charge in [-0.05, 0) is 34.1 Å². The van der Waals surface area contributed by atoms with Crippen LogP contribution in [0, 0.1) is 11.7 Å². The fourth-order valence-electron chi connectivity index (χ4n) is 1.28. The van der Waals surface area contributed by atoms with Crippen LogP contribution in [0.4, 0.5) is 36.4 Å². The molecule has 0 aliphatic carbocycles. The summed E-state index contributed by atoms with van der Waals surface area (Å²) in [5, 5.41) is 1.40. The van der Waals surface area contributed by atoms with Crippen LogP contribution in [0.5, 0.6) is 0 Å². The van der Waals surface area contributed by atoms with Gasteiger partial charge in [0.1, 0.15) is 5.82 Å². The first-order chi connectivity index (χ1) is 8.93. The molecular formula is C10H5BrF7NO. The lowest BCUT2D eigenvalue weighted by Crippen LogP contribution is -2.45. The zero-order valence-corrected chi connectivity index (χ0v) is 10.8. The molecule has 1 rings (SSSR count). The number of carbonyl (C=O) groups is 1. The summed E-state index contributed by atoms with van der Waals surface area (Å²) < 4.78 is 86.5. The number of amides is 1. The van der Waals surface area contributed by atoms with Crippen LogP contribution in [0.2, 0.25) is 0 Å². The number of carbonyl (C=O) groups excluding carboxylic acids is 1. The Morgan fingerprint density at radius 1 is 1.10 bits per heavy atom. The van der Waals surface area contributed by atoms with Gasteiger partial charge in [-0.25, -0.2) is 4.39 Å². The van der Waals surface area contributed by atoms with Gasteiger partial charge >= 0.3 is 12.4 Å². The van der Waals surface area contributed by atoms with E-state index >= 15 is 0 Å². The van der Waals surface area contributed by atoms with Gasteiger partial charge in [-0.1, -0.05) is 0 Å². The fourth-order valence-corrected chi connectivity index (χ4v) is 1.63. The summed E-state index contributed by atoms with van der Waals surface area (Å²) in [5.74, 6) is -7.46. The molecule has 0 saturated heterocycles. The van der Waals surface area contributed by atoms with Gasteiger partial charge in [-0.3, -0.25) is 4.79 Å². The second-order valence-electron chi connectivity index (χ2n) is 3.63. The van der Waals surface area contributed by atoms with Crippen molar-refractivity contribution in [3.63, 3.8) is 0 Å². The zero-order valence-electron chi connectivity index (χ0n) is 9.24. The van der Waals surface area contributed by atoms with Gasteiger partial charge < -0.3 is 5.32 Å². The molecule has 1 amide bonds. The van der Waals surface area contributed by atoms with E-state index in [9.17, 15) is 35.5 Å². The maximum absolute atomic E-state index is 12.8. The second kappa shape index (κ2) is 5.58. The molecule has 0 aliphatic rings. The standard InChI is InChI=1S/C10H5BrF7NO/c11-5-2-1-4(12)3-6(5)19-8(20)7(9(13,14)15)10(16,17)18/h1-3,7H,(H,19,20). The molecule has 112 valence electrons. The highest BCUT2D eigenvalue weighted by Gasteiger charge is 2.61. The second-order valence-corrected chi connectivity index (χ2v) is 4.48. The molecule has 0 heterocycles. The Labute approximate surface area is 116 Å². The minimum absolute atomic E-state index is 0.0599. The predicted molar refractivity (Wildman–Crippen MR) is 58.3 cm³/mol. The predicted octanol–water partition coefficient (Wildman–Crippen LogP) is 4.27. The van der Waals surface area contributed by atoms with Crippen LogP contribution >= 0.6 is 15.9 Å². The molecule has 0 fully saturated rings. The summed E-state index contributed by atoms with van der Waals surface area (Å²) in [5.41, 5.74) is -0.534. The van der Waals surface area contributed by atoms with Gasteiger partial charge in [-0.15, -0.1) is 0 Å². The van der Waals surface area contributed by atoms with Gasteiger partial charge in [0.15, 0.2) is 0 Å². The van der Waals surface area contributed by atoms with Crippen molar-refractivity contribution in [1.29, 1.82) is 0 Å². The van der Waals surface area contributed by atoms with E-state index in [1.165, 1.54) is 5.32 Å². The number of hydrogen-bond donors (Lipinski definition) is 1. The van der Waals surface area contributed by atoms with Crippen molar-refractivity contribution in [3.8, 4) is 0 Å². The maximum atomic E-state index is 12.8. The van der Waals surface area contributed by atoms with Gasteiger partial charge in [0.25, 0.3) is 0 Å². The quantitative estimate of drug-likeness (QED) is 0.777. The van der Waals surface area contributed by atoms with Crippen molar-refractivity contribution >= 4 is 27.5 Å². The number of nitrogens with one attached hydrogen (secondary N) is 1. The Balaban J connectivity index is 3.07. The van der Waals surface area contributed by atoms with E-state index in [-0.39, 0.29) is 4.47 Å². The van der Waals surface area contributed by atoms with Crippen LogP contribution < -0.4 is 5.32 Å². The number of hydrogen-bond acceptors (Lipinski definition) is 1. The van der Waals surface area contributed by atoms with E-state index in [4.69, 9.17) is 0 Å². The number of rotatable bonds is 2. The first kappa shape index (κ1) is 16.7. The SMILES string of the molecule is O=C(Nc1cc(F)ccc1Br)C(C(F)(F)F)C(F)(F)F. The van der Waals surface area contributed by atoms with Crippen LogP contribution in [0.3, 0.4) is 0 Å². The monoisotopic (exact) mass is 367 g/mol. The van der Waals surface area contributed by atoms with Crippen molar-refractivity contribution in [2.75, 3.05) is 5.32 Å². The number of benzene rings is 1. The summed E-state index contributed by atoms with van der Waals surface area (Å²) in [6.45, 7) is 0. The molecule has 1 aromatic rings. The average Bonchev–Trinajstić information content (AvgIpc) is 2.18. The molecule has 0 saturated carbocycles. The van der Waals surface area contributed by atoms with Crippen LogP contribution in [-0.2, 0) is 4.79 Å². The third kappa shape index (κ3) is 4.09. The zero-order chi connectivity index (χ0) is 15.7. The molecule has 0 atom stereocenters. The molecule has 1 aromatic carbocycles. The van der Waals surface area contributed by atoms with E-state index in [2.05, 4.69) is 15.9 Å². The summed E-state index contributed by atoms with van der Waals surface area (Å²) in [6.07, 6.45) is -11.6. The van der Waals surface area contributed by atoms with Crippen molar-refractivity contribution in [2.45, 2.75) is 12.4 Å². The molecule has 10 heteroatoms. The van der Waals surface area contributed by atoms with E-state index in [0.29, 0.717) is 6.07 Å². The topological polar surface area (TPSA) is 29.1 Å². The van der Waals surface area contributed by atoms with Gasteiger partial charge in [0.05, 0.1) is 5.69 Å². The summed E-state index contributed by atoms with van der Waals surface area (Å²) in [6, 6.07) is 2.53. The normalized spacial score (nSPS) is 12.7. The van der Waals surface area contributed by atoms with Crippen molar-refractivity contribution in [1.82, 2.24) is 0 Å². The van der Waals surface area contributed by atoms with Crippen LogP contribution in [-0.4, -0.2) is 18.3 Å². The summed E-state index contributed by atoms with van der Waals surface area (Å²) >= 11 is 2.77. The number of anilines is 1. The molecule has 20 heavy (non-hydrogen) atoms. The van der Waals surface area contributed by atoms with E-state index in [0.717, 1.165) is 12.1 Å². The number of alkyl halides is 6. The van der Waals surface area contributed by atoms with Gasteiger partial charge in [0.2, 0.25) is 11.8 Å². The molecular weight excluding hydrogens is 363 g/mol. The lowest BCUT2D eigenvalue weighted by atomic mass is 10.1. The van der Waals surface area contributed by atoms with Gasteiger partial charge in [0, 0.05) is 4.47 Å². The third-order valence-corrected chi connectivity index (χ3v) is 2.79. The molecule has 0 aliphatic heterocycles. The highest BCUT2D eigenvalue weighted by atomic mass is 79.9. The Morgan fingerprint density at radius 2 is 1.60 bits per heavy atom. The summed E-state index contributed by atoms with van der Waals surface area (Å²) in [7, 11) is 0. The highest BCUT2D eigenvalue weighted by Crippen LogP contribution is 2.40. The van der Waals surface area contributed by atoms with Gasteiger partial charge in [-0.2, -0.15) is 26.3 Å². The Hall–Kier alpha value is -1.32. The van der Waals surface area contributed by atoms with Crippen molar-refractivity contribution in [3.05, 3.63) is 28.5 Å².